The lowest BCUT2D eigenvalue weighted by Crippen LogP contribution is -2.16. The molecule has 0 aliphatic rings. The first-order valence-corrected chi connectivity index (χ1v) is 11.3. The van der Waals surface area contributed by atoms with Crippen LogP contribution in [0.1, 0.15) is 27.6 Å². The number of rotatable bonds is 8. The monoisotopic (exact) mass is 473 g/mol. The smallest absolute Gasteiger partial charge is 0.261 e. The molecule has 0 bridgehead atoms. The van der Waals surface area contributed by atoms with E-state index in [1.165, 1.54) is 42.5 Å². The number of anilines is 2. The maximum Gasteiger partial charge on any atom is 0.261 e. The van der Waals surface area contributed by atoms with Crippen molar-refractivity contribution in [3.8, 4) is 5.75 Å². The second kappa shape index (κ2) is 9.71. The predicted octanol–water partition coefficient (Wildman–Crippen LogP) is 3.89. The van der Waals surface area contributed by atoms with Crippen molar-refractivity contribution in [2.24, 2.45) is 5.73 Å². The Morgan fingerprint density at radius 3 is 2.19 bits per heavy atom. The highest BCUT2D eigenvalue weighted by Gasteiger charge is 2.19. The molecular formula is C22H20ClN3O5S. The van der Waals surface area contributed by atoms with Crippen LogP contribution in [0.3, 0.4) is 0 Å². The van der Waals surface area contributed by atoms with Crippen LogP contribution in [0, 0.1) is 0 Å². The van der Waals surface area contributed by atoms with Crippen LogP contribution in [-0.2, 0) is 10.0 Å². The minimum atomic E-state index is -4.00. The van der Waals surface area contributed by atoms with Crippen LogP contribution in [0.2, 0.25) is 5.02 Å². The predicted molar refractivity (Wildman–Crippen MR) is 123 cm³/mol. The third-order valence-corrected chi connectivity index (χ3v) is 5.97. The standard InChI is InChI=1S/C22H20ClN3O5S/c1-2-31-20-12-11-18(13-19(20)25-22(28)15-3-7-16(23)8-4-15)32(29,30)26-17-9-5-14(6-10-17)21(24)27/h3-13,26H,2H2,1H3,(H2,24,27)(H,25,28). The number of nitrogens with one attached hydrogen (secondary N) is 2. The highest BCUT2D eigenvalue weighted by Crippen LogP contribution is 2.29. The number of sulfonamides is 1. The van der Waals surface area contributed by atoms with Crippen LogP contribution in [0.4, 0.5) is 11.4 Å². The molecule has 10 heteroatoms. The van der Waals surface area contributed by atoms with Crippen molar-refractivity contribution in [1.82, 2.24) is 0 Å². The third kappa shape index (κ3) is 5.57. The van der Waals surface area contributed by atoms with E-state index in [9.17, 15) is 18.0 Å². The fourth-order valence-electron chi connectivity index (χ4n) is 2.77. The molecule has 0 spiro atoms. The number of carbonyl (C=O) groups excluding carboxylic acids is 2. The Bertz CT molecular complexity index is 1240. The Labute approximate surface area is 190 Å². The lowest BCUT2D eigenvalue weighted by molar-refractivity contribution is 0.0997. The van der Waals surface area contributed by atoms with Gasteiger partial charge in [-0.2, -0.15) is 0 Å². The van der Waals surface area contributed by atoms with Gasteiger partial charge in [-0.25, -0.2) is 8.42 Å². The van der Waals surface area contributed by atoms with Crippen LogP contribution in [0.15, 0.2) is 71.6 Å². The average molecular weight is 474 g/mol. The molecule has 8 nitrogen and oxygen atoms in total. The van der Waals surface area contributed by atoms with E-state index in [0.717, 1.165) is 0 Å². The Kier molecular flexibility index (Phi) is 7.01. The van der Waals surface area contributed by atoms with Crippen molar-refractivity contribution in [3.63, 3.8) is 0 Å². The summed E-state index contributed by atoms with van der Waals surface area (Å²) in [6, 6.07) is 16.1. The molecule has 0 aromatic heterocycles. The van der Waals surface area contributed by atoms with Gasteiger partial charge in [0.15, 0.2) is 0 Å². The number of benzene rings is 3. The number of hydrogen-bond acceptors (Lipinski definition) is 5. The average Bonchev–Trinajstić information content (AvgIpc) is 2.75. The number of amides is 2. The molecule has 0 saturated heterocycles. The van der Waals surface area contributed by atoms with Gasteiger partial charge in [0.25, 0.3) is 15.9 Å². The number of nitrogens with two attached hydrogens (primary N) is 1. The fourth-order valence-corrected chi connectivity index (χ4v) is 3.98. The molecular weight excluding hydrogens is 454 g/mol. The number of primary amides is 1. The lowest BCUT2D eigenvalue weighted by Gasteiger charge is -2.14. The van der Waals surface area contributed by atoms with Gasteiger partial charge in [0, 0.05) is 21.8 Å². The maximum absolute atomic E-state index is 12.9. The van der Waals surface area contributed by atoms with Crippen molar-refractivity contribution in [3.05, 3.63) is 82.9 Å². The second-order valence-electron chi connectivity index (χ2n) is 6.60. The molecule has 3 rings (SSSR count). The first-order chi connectivity index (χ1) is 15.2. The van der Waals surface area contributed by atoms with Gasteiger partial charge < -0.3 is 15.8 Å². The molecule has 0 radical (unpaired) electrons. The number of halogens is 1. The van der Waals surface area contributed by atoms with Crippen LogP contribution in [0.25, 0.3) is 0 Å². The molecule has 0 heterocycles. The molecule has 0 unspecified atom stereocenters. The van der Waals surface area contributed by atoms with E-state index in [0.29, 0.717) is 22.9 Å². The summed E-state index contributed by atoms with van der Waals surface area (Å²) in [6.07, 6.45) is 0. The molecule has 0 saturated carbocycles. The summed E-state index contributed by atoms with van der Waals surface area (Å²) < 4.78 is 33.7. The van der Waals surface area contributed by atoms with E-state index >= 15 is 0 Å². The minimum Gasteiger partial charge on any atom is -0.492 e. The van der Waals surface area contributed by atoms with Crippen LogP contribution < -0.4 is 20.5 Å². The molecule has 3 aromatic carbocycles. The molecule has 4 N–H and O–H groups in total. The zero-order valence-corrected chi connectivity index (χ0v) is 18.5. The summed E-state index contributed by atoms with van der Waals surface area (Å²) in [7, 11) is -4.00. The highest BCUT2D eigenvalue weighted by molar-refractivity contribution is 7.92. The summed E-state index contributed by atoms with van der Waals surface area (Å²) in [5, 5.41) is 3.16. The van der Waals surface area contributed by atoms with E-state index in [1.807, 2.05) is 0 Å². The number of hydrogen-bond donors (Lipinski definition) is 3. The molecule has 0 atom stereocenters. The topological polar surface area (TPSA) is 128 Å². The van der Waals surface area contributed by atoms with Crippen molar-refractivity contribution >= 4 is 44.8 Å². The number of ether oxygens (including phenoxy) is 1. The van der Waals surface area contributed by atoms with Gasteiger partial charge in [-0.05, 0) is 73.7 Å². The molecule has 0 fully saturated rings. The van der Waals surface area contributed by atoms with Gasteiger partial charge in [0.05, 0.1) is 17.2 Å². The summed E-state index contributed by atoms with van der Waals surface area (Å²) in [4.78, 5) is 23.7. The third-order valence-electron chi connectivity index (χ3n) is 4.34. The maximum atomic E-state index is 12.9. The van der Waals surface area contributed by atoms with Gasteiger partial charge in [-0.3, -0.25) is 14.3 Å². The van der Waals surface area contributed by atoms with Gasteiger partial charge in [0.2, 0.25) is 5.91 Å². The fraction of sp³-hybridized carbons (Fsp3) is 0.0909. The summed E-state index contributed by atoms with van der Waals surface area (Å²) >= 11 is 5.86. The SMILES string of the molecule is CCOc1ccc(S(=O)(=O)Nc2ccc(C(N)=O)cc2)cc1NC(=O)c1ccc(Cl)cc1. The molecule has 3 aromatic rings. The normalized spacial score (nSPS) is 10.9. The molecule has 166 valence electrons. The largest absolute Gasteiger partial charge is 0.492 e. The van der Waals surface area contributed by atoms with E-state index in [4.69, 9.17) is 22.1 Å². The zero-order valence-electron chi connectivity index (χ0n) is 17.0. The van der Waals surface area contributed by atoms with Crippen molar-refractivity contribution < 1.29 is 22.7 Å². The van der Waals surface area contributed by atoms with Gasteiger partial charge in [-0.1, -0.05) is 11.6 Å². The minimum absolute atomic E-state index is 0.0914. The van der Waals surface area contributed by atoms with E-state index in [1.54, 1.807) is 31.2 Å². The van der Waals surface area contributed by atoms with Gasteiger partial charge >= 0.3 is 0 Å². The highest BCUT2D eigenvalue weighted by atomic mass is 35.5. The summed E-state index contributed by atoms with van der Waals surface area (Å²) in [6.45, 7) is 2.09. The van der Waals surface area contributed by atoms with E-state index in [2.05, 4.69) is 10.0 Å². The van der Waals surface area contributed by atoms with Crippen LogP contribution >= 0.6 is 11.6 Å². The first kappa shape index (κ1) is 23.1. The Hall–Kier alpha value is -3.56. The van der Waals surface area contributed by atoms with Crippen LogP contribution in [-0.4, -0.2) is 26.8 Å². The van der Waals surface area contributed by atoms with Gasteiger partial charge in [0.1, 0.15) is 5.75 Å². The quantitative estimate of drug-likeness (QED) is 0.457. The Balaban J connectivity index is 1.88. The molecule has 32 heavy (non-hydrogen) atoms. The molecule has 0 aliphatic carbocycles. The lowest BCUT2D eigenvalue weighted by atomic mass is 10.2. The Morgan fingerprint density at radius 1 is 0.969 bits per heavy atom. The van der Waals surface area contributed by atoms with Crippen LogP contribution in [0.5, 0.6) is 5.75 Å². The molecule has 2 amide bonds. The number of carbonyl (C=O) groups is 2. The first-order valence-electron chi connectivity index (χ1n) is 9.46. The van der Waals surface area contributed by atoms with E-state index < -0.39 is 21.8 Å². The van der Waals surface area contributed by atoms with Gasteiger partial charge in [-0.15, -0.1) is 0 Å². The van der Waals surface area contributed by atoms with Crippen molar-refractivity contribution in [2.45, 2.75) is 11.8 Å². The Morgan fingerprint density at radius 2 is 1.59 bits per heavy atom. The van der Waals surface area contributed by atoms with Crippen molar-refractivity contribution in [1.29, 1.82) is 0 Å². The summed E-state index contributed by atoms with van der Waals surface area (Å²) in [5.41, 5.74) is 6.23. The summed E-state index contributed by atoms with van der Waals surface area (Å²) in [5.74, 6) is -0.751. The van der Waals surface area contributed by atoms with Crippen molar-refractivity contribution in [2.75, 3.05) is 16.6 Å². The second-order valence-corrected chi connectivity index (χ2v) is 8.72. The molecule has 0 aliphatic heterocycles. The van der Waals surface area contributed by atoms with E-state index in [-0.39, 0.29) is 21.8 Å². The zero-order chi connectivity index (χ0) is 23.3.